The van der Waals surface area contributed by atoms with Gasteiger partial charge in [-0.2, -0.15) is 4.98 Å². The minimum absolute atomic E-state index is 0.176. The Hall–Kier alpha value is -2.37. The van der Waals surface area contributed by atoms with Crippen LogP contribution in [0, 0.1) is 6.92 Å². The van der Waals surface area contributed by atoms with Crippen molar-refractivity contribution in [3.05, 3.63) is 36.0 Å². The van der Waals surface area contributed by atoms with Crippen molar-refractivity contribution in [2.45, 2.75) is 13.8 Å². The summed E-state index contributed by atoms with van der Waals surface area (Å²) in [6.45, 7) is 4.58. The molecule has 0 radical (unpaired) electrons. The van der Waals surface area contributed by atoms with Crippen LogP contribution in [-0.4, -0.2) is 22.4 Å². The maximum atomic E-state index is 11.8. The number of pyridine rings is 1. The van der Waals surface area contributed by atoms with Gasteiger partial charge in [-0.3, -0.25) is 10.1 Å². The average Bonchev–Trinajstić information content (AvgIpc) is 2.76. The molecule has 6 nitrogen and oxygen atoms in total. The summed E-state index contributed by atoms with van der Waals surface area (Å²) in [5, 5.41) is 5.63. The van der Waals surface area contributed by atoms with Crippen LogP contribution in [0.5, 0.6) is 0 Å². The zero-order chi connectivity index (χ0) is 13.0. The standard InChI is InChI=1S/C12H14N4O2/c1-3-13-9-4-5-10(14-6-9)11(17)16-12-15-8(2)7-18-12/h4-7,13H,3H2,1-2H3,(H,15,16,17). The Kier molecular flexibility index (Phi) is 3.57. The molecule has 2 heterocycles. The molecule has 1 amide bonds. The lowest BCUT2D eigenvalue weighted by molar-refractivity contribution is 0.101. The van der Waals surface area contributed by atoms with E-state index in [-0.39, 0.29) is 11.9 Å². The van der Waals surface area contributed by atoms with Gasteiger partial charge in [-0.25, -0.2) is 4.98 Å². The van der Waals surface area contributed by atoms with Gasteiger partial charge in [0.05, 0.1) is 17.6 Å². The largest absolute Gasteiger partial charge is 0.432 e. The predicted molar refractivity (Wildman–Crippen MR) is 67.6 cm³/mol. The molecule has 0 aliphatic rings. The first-order valence-electron chi connectivity index (χ1n) is 5.62. The highest BCUT2D eigenvalue weighted by atomic mass is 16.4. The van der Waals surface area contributed by atoms with Crippen molar-refractivity contribution in [1.82, 2.24) is 9.97 Å². The van der Waals surface area contributed by atoms with Crippen molar-refractivity contribution < 1.29 is 9.21 Å². The zero-order valence-electron chi connectivity index (χ0n) is 10.2. The number of aryl methyl sites for hydroxylation is 1. The van der Waals surface area contributed by atoms with Crippen LogP contribution < -0.4 is 10.6 Å². The second kappa shape index (κ2) is 5.31. The third-order valence-electron chi connectivity index (χ3n) is 2.22. The summed E-state index contributed by atoms with van der Waals surface area (Å²) in [4.78, 5) is 19.8. The Morgan fingerprint density at radius 1 is 1.44 bits per heavy atom. The average molecular weight is 246 g/mol. The maximum absolute atomic E-state index is 11.8. The molecule has 0 aromatic carbocycles. The van der Waals surface area contributed by atoms with E-state index < -0.39 is 0 Å². The monoisotopic (exact) mass is 246 g/mol. The fourth-order valence-electron chi connectivity index (χ4n) is 1.41. The third-order valence-corrected chi connectivity index (χ3v) is 2.22. The van der Waals surface area contributed by atoms with Crippen LogP contribution >= 0.6 is 0 Å². The smallest absolute Gasteiger partial charge is 0.301 e. The molecular formula is C12H14N4O2. The molecule has 94 valence electrons. The lowest BCUT2D eigenvalue weighted by atomic mass is 10.3. The second-order valence-corrected chi connectivity index (χ2v) is 3.71. The molecule has 6 heteroatoms. The molecule has 0 unspecified atom stereocenters. The Labute approximate surface area is 104 Å². The molecular weight excluding hydrogens is 232 g/mol. The quantitative estimate of drug-likeness (QED) is 0.863. The maximum Gasteiger partial charge on any atom is 0.301 e. The highest BCUT2D eigenvalue weighted by molar-refractivity contribution is 6.01. The van der Waals surface area contributed by atoms with E-state index in [1.165, 1.54) is 6.26 Å². The van der Waals surface area contributed by atoms with E-state index in [4.69, 9.17) is 4.42 Å². The molecule has 2 N–H and O–H groups in total. The minimum Gasteiger partial charge on any atom is -0.432 e. The van der Waals surface area contributed by atoms with E-state index in [0.29, 0.717) is 11.4 Å². The molecule has 2 rings (SSSR count). The number of hydrogen-bond donors (Lipinski definition) is 2. The van der Waals surface area contributed by atoms with Crippen molar-refractivity contribution in [2.75, 3.05) is 17.2 Å². The number of carbonyl (C=O) groups is 1. The predicted octanol–water partition coefficient (Wildman–Crippen LogP) is 2.06. The number of amides is 1. The molecule has 0 saturated carbocycles. The van der Waals surface area contributed by atoms with Crippen LogP contribution in [0.4, 0.5) is 11.7 Å². The first-order valence-corrected chi connectivity index (χ1v) is 5.62. The molecule has 0 saturated heterocycles. The summed E-state index contributed by atoms with van der Waals surface area (Å²) < 4.78 is 5.04. The highest BCUT2D eigenvalue weighted by Gasteiger charge is 2.10. The molecule has 0 fully saturated rings. The van der Waals surface area contributed by atoms with E-state index in [1.807, 2.05) is 6.92 Å². The van der Waals surface area contributed by atoms with Gasteiger partial charge >= 0.3 is 6.01 Å². The summed E-state index contributed by atoms with van der Waals surface area (Å²) in [6.07, 6.45) is 3.08. The summed E-state index contributed by atoms with van der Waals surface area (Å²) in [5.41, 5.74) is 1.90. The Morgan fingerprint density at radius 3 is 2.83 bits per heavy atom. The molecule has 0 bridgehead atoms. The normalized spacial score (nSPS) is 10.1. The van der Waals surface area contributed by atoms with Gasteiger partial charge in [0.15, 0.2) is 0 Å². The molecule has 2 aromatic rings. The van der Waals surface area contributed by atoms with Gasteiger partial charge in [0, 0.05) is 6.54 Å². The molecule has 0 atom stereocenters. The Morgan fingerprint density at radius 2 is 2.28 bits per heavy atom. The van der Waals surface area contributed by atoms with Crippen molar-refractivity contribution in [2.24, 2.45) is 0 Å². The van der Waals surface area contributed by atoms with Gasteiger partial charge < -0.3 is 9.73 Å². The highest BCUT2D eigenvalue weighted by Crippen LogP contribution is 2.09. The summed E-state index contributed by atoms with van der Waals surface area (Å²) in [7, 11) is 0. The lowest BCUT2D eigenvalue weighted by Crippen LogP contribution is -2.14. The van der Waals surface area contributed by atoms with Gasteiger partial charge in [-0.1, -0.05) is 0 Å². The second-order valence-electron chi connectivity index (χ2n) is 3.71. The number of aromatic nitrogens is 2. The van der Waals surface area contributed by atoms with Gasteiger partial charge in [0.25, 0.3) is 5.91 Å². The van der Waals surface area contributed by atoms with Crippen LogP contribution in [0.15, 0.2) is 29.0 Å². The minimum atomic E-state index is -0.347. The van der Waals surface area contributed by atoms with E-state index in [2.05, 4.69) is 20.6 Å². The van der Waals surface area contributed by atoms with Crippen LogP contribution in [0.2, 0.25) is 0 Å². The fraction of sp³-hybridized carbons (Fsp3) is 0.250. The number of nitrogens with one attached hydrogen (secondary N) is 2. The van der Waals surface area contributed by atoms with E-state index in [1.54, 1.807) is 25.3 Å². The van der Waals surface area contributed by atoms with Crippen LogP contribution in [-0.2, 0) is 0 Å². The summed E-state index contributed by atoms with van der Waals surface area (Å²) in [6, 6.07) is 3.62. The Balaban J connectivity index is 2.04. The first kappa shape index (κ1) is 12.1. The topological polar surface area (TPSA) is 80.0 Å². The van der Waals surface area contributed by atoms with Gasteiger partial charge in [0.1, 0.15) is 12.0 Å². The summed E-state index contributed by atoms with van der Waals surface area (Å²) in [5.74, 6) is -0.347. The van der Waals surface area contributed by atoms with E-state index in [0.717, 1.165) is 12.2 Å². The molecule has 0 aliphatic heterocycles. The first-order chi connectivity index (χ1) is 8.69. The van der Waals surface area contributed by atoms with E-state index >= 15 is 0 Å². The van der Waals surface area contributed by atoms with Crippen molar-refractivity contribution >= 4 is 17.6 Å². The number of oxazole rings is 1. The molecule has 0 aliphatic carbocycles. The van der Waals surface area contributed by atoms with Gasteiger partial charge in [-0.15, -0.1) is 0 Å². The molecule has 0 spiro atoms. The number of hydrogen-bond acceptors (Lipinski definition) is 5. The summed E-state index contributed by atoms with van der Waals surface area (Å²) >= 11 is 0. The fourth-order valence-corrected chi connectivity index (χ4v) is 1.41. The lowest BCUT2D eigenvalue weighted by Gasteiger charge is -2.03. The van der Waals surface area contributed by atoms with Crippen LogP contribution in [0.1, 0.15) is 23.1 Å². The Bertz CT molecular complexity index is 533. The number of nitrogens with zero attached hydrogens (tertiary/aromatic N) is 2. The number of anilines is 2. The third kappa shape index (κ3) is 2.85. The van der Waals surface area contributed by atoms with Crippen molar-refractivity contribution in [3.63, 3.8) is 0 Å². The zero-order valence-corrected chi connectivity index (χ0v) is 10.2. The number of rotatable bonds is 4. The van der Waals surface area contributed by atoms with Crippen molar-refractivity contribution in [3.8, 4) is 0 Å². The van der Waals surface area contributed by atoms with Crippen molar-refractivity contribution in [1.29, 1.82) is 0 Å². The molecule has 2 aromatic heterocycles. The molecule has 18 heavy (non-hydrogen) atoms. The van der Waals surface area contributed by atoms with Gasteiger partial charge in [-0.05, 0) is 26.0 Å². The van der Waals surface area contributed by atoms with Crippen LogP contribution in [0.25, 0.3) is 0 Å². The van der Waals surface area contributed by atoms with Gasteiger partial charge in [0.2, 0.25) is 0 Å². The number of carbonyl (C=O) groups excluding carboxylic acids is 1. The van der Waals surface area contributed by atoms with E-state index in [9.17, 15) is 4.79 Å². The van der Waals surface area contributed by atoms with Crippen LogP contribution in [0.3, 0.4) is 0 Å². The SMILES string of the molecule is CCNc1ccc(C(=O)Nc2nc(C)co2)nc1.